The number of aliphatic hydroxyl groups excluding tert-OH is 1. The van der Waals surface area contributed by atoms with Crippen molar-refractivity contribution in [3.63, 3.8) is 0 Å². The normalized spacial score (nSPS) is 10.9. The maximum atomic E-state index is 11.2. The summed E-state index contributed by atoms with van der Waals surface area (Å²) >= 11 is 1.76. The Labute approximate surface area is 133 Å². The maximum Gasteiger partial charge on any atom is 0.343 e. The molecule has 0 bridgehead atoms. The molecular weight excluding hydrogens is 304 g/mol. The molecule has 0 aliphatic carbocycles. The Morgan fingerprint density at radius 2 is 2.18 bits per heavy atom. The fraction of sp³-hybridized carbons (Fsp3) is 0.438. The van der Waals surface area contributed by atoms with Gasteiger partial charge in [-0.25, -0.2) is 4.79 Å². The summed E-state index contributed by atoms with van der Waals surface area (Å²) in [6, 6.07) is 5.60. The second-order valence-corrected chi connectivity index (χ2v) is 5.70. The Morgan fingerprint density at radius 1 is 1.36 bits per heavy atom. The molecule has 0 spiro atoms. The van der Waals surface area contributed by atoms with Crippen LogP contribution in [0.5, 0.6) is 5.75 Å². The number of esters is 1. The first-order valence-corrected chi connectivity index (χ1v) is 8.43. The summed E-state index contributed by atoms with van der Waals surface area (Å²) in [7, 11) is 1.32. The van der Waals surface area contributed by atoms with Crippen molar-refractivity contribution in [3.05, 3.63) is 29.5 Å². The molecule has 0 aliphatic rings. The molecule has 2 rings (SSSR count). The minimum absolute atomic E-state index is 0.0322. The van der Waals surface area contributed by atoms with Gasteiger partial charge in [0.1, 0.15) is 5.76 Å². The molecule has 0 fully saturated rings. The van der Waals surface area contributed by atoms with Crippen molar-refractivity contribution in [1.29, 1.82) is 0 Å². The number of hydrogen-bond acceptors (Lipinski definition) is 6. The van der Waals surface area contributed by atoms with Crippen LogP contribution in [0, 0.1) is 0 Å². The van der Waals surface area contributed by atoms with E-state index in [1.165, 1.54) is 7.11 Å². The number of para-hydroxylation sites is 1. The van der Waals surface area contributed by atoms with Crippen LogP contribution >= 0.6 is 11.8 Å². The van der Waals surface area contributed by atoms with Gasteiger partial charge in [0.25, 0.3) is 0 Å². The van der Waals surface area contributed by atoms with Crippen molar-refractivity contribution in [2.24, 2.45) is 0 Å². The first-order chi connectivity index (χ1) is 10.7. The van der Waals surface area contributed by atoms with E-state index in [4.69, 9.17) is 9.15 Å². The second-order valence-electron chi connectivity index (χ2n) is 4.72. The first kappa shape index (κ1) is 16.7. The molecule has 0 atom stereocenters. The zero-order valence-electron chi connectivity index (χ0n) is 12.8. The van der Waals surface area contributed by atoms with E-state index in [-0.39, 0.29) is 13.2 Å². The quantitative estimate of drug-likeness (QED) is 0.752. The predicted molar refractivity (Wildman–Crippen MR) is 86.6 cm³/mol. The summed E-state index contributed by atoms with van der Waals surface area (Å²) in [4.78, 5) is 11.2. The minimum atomic E-state index is -0.443. The lowest BCUT2D eigenvalue weighted by atomic mass is 10.1. The maximum absolute atomic E-state index is 11.2. The van der Waals surface area contributed by atoms with E-state index in [0.717, 1.165) is 28.9 Å². The zero-order chi connectivity index (χ0) is 15.9. The molecule has 1 aromatic heterocycles. The van der Waals surface area contributed by atoms with Crippen molar-refractivity contribution in [3.8, 4) is 5.75 Å². The molecule has 120 valence electrons. The molecule has 1 heterocycles. The van der Waals surface area contributed by atoms with Crippen LogP contribution in [0.25, 0.3) is 11.0 Å². The summed E-state index contributed by atoms with van der Waals surface area (Å²) in [6.07, 6.45) is 3.39. The van der Waals surface area contributed by atoms with Crippen LogP contribution in [0.1, 0.15) is 11.3 Å². The summed E-state index contributed by atoms with van der Waals surface area (Å²) in [6.45, 7) is -0.129. The van der Waals surface area contributed by atoms with Gasteiger partial charge in [0.05, 0.1) is 13.7 Å². The highest BCUT2D eigenvalue weighted by atomic mass is 32.2. The molecule has 0 aliphatic heterocycles. The molecule has 0 unspecified atom stereocenters. The van der Waals surface area contributed by atoms with Crippen LogP contribution in [0.4, 0.5) is 0 Å². The predicted octanol–water partition coefficient (Wildman–Crippen LogP) is 2.42. The van der Waals surface area contributed by atoms with Gasteiger partial charge in [-0.05, 0) is 24.5 Å². The van der Waals surface area contributed by atoms with E-state index < -0.39 is 5.97 Å². The molecule has 1 aromatic carbocycles. The third-order valence-corrected chi connectivity index (χ3v) is 3.95. The summed E-state index contributed by atoms with van der Waals surface area (Å²) < 4.78 is 15.9. The van der Waals surface area contributed by atoms with Crippen molar-refractivity contribution in [2.45, 2.75) is 12.8 Å². The summed E-state index contributed by atoms with van der Waals surface area (Å²) in [5.41, 5.74) is 1.72. The van der Waals surface area contributed by atoms with Gasteiger partial charge in [-0.1, -0.05) is 12.1 Å². The summed E-state index contributed by atoms with van der Waals surface area (Å²) in [5.74, 6) is 1.82. The lowest BCUT2D eigenvalue weighted by molar-refractivity contribution is -0.142. The second kappa shape index (κ2) is 8.10. The van der Waals surface area contributed by atoms with Crippen molar-refractivity contribution in [2.75, 3.05) is 32.3 Å². The van der Waals surface area contributed by atoms with Gasteiger partial charge < -0.3 is 19.0 Å². The lowest BCUT2D eigenvalue weighted by Gasteiger charge is -2.05. The number of furan rings is 1. The van der Waals surface area contributed by atoms with E-state index in [0.29, 0.717) is 17.8 Å². The van der Waals surface area contributed by atoms with Crippen LogP contribution < -0.4 is 4.74 Å². The van der Waals surface area contributed by atoms with E-state index in [1.54, 1.807) is 17.8 Å². The number of carbonyl (C=O) groups is 1. The van der Waals surface area contributed by atoms with Crippen molar-refractivity contribution >= 4 is 28.7 Å². The number of methoxy groups -OCH3 is 1. The first-order valence-electron chi connectivity index (χ1n) is 7.04. The van der Waals surface area contributed by atoms with Crippen LogP contribution in [0.3, 0.4) is 0 Å². The van der Waals surface area contributed by atoms with Crippen LogP contribution in [0.2, 0.25) is 0 Å². The molecule has 0 saturated heterocycles. The Hall–Kier alpha value is -1.66. The van der Waals surface area contributed by atoms with E-state index >= 15 is 0 Å². The SMILES string of the molecule is COC(=O)COc1cccc2c(CCSC)c(CCO)oc12. The molecule has 6 heteroatoms. The van der Waals surface area contributed by atoms with Crippen LogP contribution in [-0.2, 0) is 22.4 Å². The van der Waals surface area contributed by atoms with Crippen molar-refractivity contribution < 1.29 is 23.8 Å². The smallest absolute Gasteiger partial charge is 0.343 e. The fourth-order valence-corrected chi connectivity index (χ4v) is 2.69. The summed E-state index contributed by atoms with van der Waals surface area (Å²) in [5, 5.41) is 10.2. The van der Waals surface area contributed by atoms with E-state index in [1.807, 2.05) is 12.1 Å². The van der Waals surface area contributed by atoms with Gasteiger partial charge in [-0.2, -0.15) is 11.8 Å². The number of aliphatic hydroxyl groups is 1. The average molecular weight is 324 g/mol. The van der Waals surface area contributed by atoms with Gasteiger partial charge in [0.15, 0.2) is 17.9 Å². The highest BCUT2D eigenvalue weighted by Gasteiger charge is 2.17. The monoisotopic (exact) mass is 324 g/mol. The number of hydrogen-bond donors (Lipinski definition) is 1. The highest BCUT2D eigenvalue weighted by molar-refractivity contribution is 7.98. The molecular formula is C16H20O5S. The van der Waals surface area contributed by atoms with Gasteiger partial charge >= 0.3 is 5.97 Å². The molecule has 0 saturated carbocycles. The number of fused-ring (bicyclic) bond motifs is 1. The van der Waals surface area contributed by atoms with Gasteiger partial charge in [-0.15, -0.1) is 0 Å². The zero-order valence-corrected chi connectivity index (χ0v) is 13.6. The van der Waals surface area contributed by atoms with E-state index in [2.05, 4.69) is 11.0 Å². The molecule has 1 N–H and O–H groups in total. The number of thioether (sulfide) groups is 1. The lowest BCUT2D eigenvalue weighted by Crippen LogP contribution is -2.12. The Bertz CT molecular complexity index is 635. The average Bonchev–Trinajstić information content (AvgIpc) is 2.88. The minimum Gasteiger partial charge on any atom is -0.478 e. The molecule has 0 radical (unpaired) electrons. The molecule has 22 heavy (non-hydrogen) atoms. The topological polar surface area (TPSA) is 68.9 Å². The number of aryl methyl sites for hydroxylation is 1. The standard InChI is InChI=1S/C16H20O5S/c1-19-15(18)10-20-14-5-3-4-12-11(7-9-22-2)13(6-8-17)21-16(12)14/h3-5,17H,6-10H2,1-2H3. The molecule has 5 nitrogen and oxygen atoms in total. The Kier molecular flexibility index (Phi) is 6.15. The van der Waals surface area contributed by atoms with Crippen molar-refractivity contribution in [1.82, 2.24) is 0 Å². The van der Waals surface area contributed by atoms with E-state index in [9.17, 15) is 9.90 Å². The number of benzene rings is 1. The Balaban J connectivity index is 2.36. The fourth-order valence-electron chi connectivity index (χ4n) is 2.28. The van der Waals surface area contributed by atoms with Gasteiger partial charge in [0.2, 0.25) is 0 Å². The van der Waals surface area contributed by atoms with Gasteiger partial charge in [-0.3, -0.25) is 0 Å². The van der Waals surface area contributed by atoms with Crippen LogP contribution in [0.15, 0.2) is 22.6 Å². The Morgan fingerprint density at radius 3 is 2.86 bits per heavy atom. The molecule has 0 amide bonds. The largest absolute Gasteiger partial charge is 0.478 e. The highest BCUT2D eigenvalue weighted by Crippen LogP contribution is 2.33. The molecule has 2 aromatic rings. The number of rotatable bonds is 8. The van der Waals surface area contributed by atoms with Gasteiger partial charge in [0, 0.05) is 17.4 Å². The third-order valence-electron chi connectivity index (χ3n) is 3.33. The number of ether oxygens (including phenoxy) is 2. The number of carbonyl (C=O) groups excluding carboxylic acids is 1. The third kappa shape index (κ3) is 3.75. The van der Waals surface area contributed by atoms with Crippen LogP contribution in [-0.4, -0.2) is 43.4 Å².